The van der Waals surface area contributed by atoms with Gasteiger partial charge in [-0.15, -0.1) is 0 Å². The zero-order chi connectivity index (χ0) is 9.68. The topological polar surface area (TPSA) is 22.1 Å². The fourth-order valence-corrected chi connectivity index (χ4v) is 1.19. The second kappa shape index (κ2) is 4.85. The summed E-state index contributed by atoms with van der Waals surface area (Å²) in [7, 11) is 0. The zero-order valence-electron chi connectivity index (χ0n) is 8.58. The van der Waals surface area contributed by atoms with Crippen LogP contribution in [0.3, 0.4) is 0 Å². The first-order valence-corrected chi connectivity index (χ1v) is 4.84. The Hall–Kier alpha value is -1.05. The largest absolute Gasteiger partial charge is 0.491 e. The van der Waals surface area contributed by atoms with E-state index in [1.807, 2.05) is 32.2 Å². The third-order valence-corrected chi connectivity index (χ3v) is 1.67. The molecule has 0 spiro atoms. The average Bonchev–Trinajstić information content (AvgIpc) is 2.04. The molecule has 1 heterocycles. The first-order valence-electron chi connectivity index (χ1n) is 4.84. The fraction of sp³-hybridized carbons (Fsp3) is 0.545. The number of aromatic nitrogens is 1. The number of pyridine rings is 1. The number of hydrogen-bond donors (Lipinski definition) is 0. The first-order chi connectivity index (χ1) is 6.22. The molecule has 1 aromatic heterocycles. The lowest BCUT2D eigenvalue weighted by molar-refractivity contribution is 0.242. The van der Waals surface area contributed by atoms with Crippen molar-refractivity contribution in [1.82, 2.24) is 4.98 Å². The van der Waals surface area contributed by atoms with Gasteiger partial charge in [0.25, 0.3) is 0 Å². The van der Waals surface area contributed by atoms with E-state index in [4.69, 9.17) is 4.74 Å². The van der Waals surface area contributed by atoms with Crippen molar-refractivity contribution in [3.63, 3.8) is 0 Å². The van der Waals surface area contributed by atoms with E-state index in [0.29, 0.717) is 0 Å². The van der Waals surface area contributed by atoms with Crippen molar-refractivity contribution >= 4 is 0 Å². The molecule has 0 radical (unpaired) electrons. The van der Waals surface area contributed by atoms with E-state index in [9.17, 15) is 0 Å². The molecule has 0 aliphatic rings. The summed E-state index contributed by atoms with van der Waals surface area (Å²) >= 11 is 0. The minimum absolute atomic E-state index is 0.233. The standard InChI is InChI=1S/C11H17NO/c1-4-5-10-8-11(6-7-12-10)13-9(2)3/h6-9H,4-5H2,1-3H3. The molecule has 2 heteroatoms. The van der Waals surface area contributed by atoms with Crippen LogP contribution < -0.4 is 4.74 Å². The molecule has 0 saturated heterocycles. The van der Waals surface area contributed by atoms with Crippen molar-refractivity contribution in [2.75, 3.05) is 0 Å². The van der Waals surface area contributed by atoms with E-state index in [1.165, 1.54) is 0 Å². The summed E-state index contributed by atoms with van der Waals surface area (Å²) in [4.78, 5) is 4.26. The first kappa shape index (κ1) is 10.0. The molecule has 0 N–H and O–H groups in total. The van der Waals surface area contributed by atoms with Crippen molar-refractivity contribution in [2.24, 2.45) is 0 Å². The molecule has 0 aliphatic heterocycles. The molecule has 0 amide bonds. The average molecular weight is 179 g/mol. The molecule has 1 aromatic rings. The highest BCUT2D eigenvalue weighted by atomic mass is 16.5. The summed E-state index contributed by atoms with van der Waals surface area (Å²) < 4.78 is 5.56. The van der Waals surface area contributed by atoms with Crippen LogP contribution in [0.2, 0.25) is 0 Å². The van der Waals surface area contributed by atoms with Crippen LogP contribution in [-0.4, -0.2) is 11.1 Å². The Morgan fingerprint density at radius 2 is 2.23 bits per heavy atom. The van der Waals surface area contributed by atoms with Crippen LogP contribution in [0.15, 0.2) is 18.3 Å². The molecule has 0 saturated carbocycles. The third kappa shape index (κ3) is 3.45. The number of nitrogens with zero attached hydrogens (tertiary/aromatic N) is 1. The van der Waals surface area contributed by atoms with E-state index < -0.39 is 0 Å². The van der Waals surface area contributed by atoms with Crippen LogP contribution in [0, 0.1) is 0 Å². The van der Waals surface area contributed by atoms with Gasteiger partial charge in [-0.3, -0.25) is 4.98 Å². The van der Waals surface area contributed by atoms with Crippen LogP contribution in [-0.2, 0) is 6.42 Å². The number of hydrogen-bond acceptors (Lipinski definition) is 2. The molecule has 0 aliphatic carbocycles. The Balaban J connectivity index is 2.67. The van der Waals surface area contributed by atoms with Crippen LogP contribution in [0.4, 0.5) is 0 Å². The summed E-state index contributed by atoms with van der Waals surface area (Å²) in [6.45, 7) is 6.21. The molecule has 72 valence electrons. The summed E-state index contributed by atoms with van der Waals surface area (Å²) in [5, 5.41) is 0. The second-order valence-corrected chi connectivity index (χ2v) is 3.40. The molecule has 1 rings (SSSR count). The van der Waals surface area contributed by atoms with Crippen molar-refractivity contribution in [1.29, 1.82) is 0 Å². The smallest absolute Gasteiger partial charge is 0.123 e. The van der Waals surface area contributed by atoms with Gasteiger partial charge in [-0.1, -0.05) is 13.3 Å². The van der Waals surface area contributed by atoms with E-state index in [1.54, 1.807) is 0 Å². The molecular weight excluding hydrogens is 162 g/mol. The lowest BCUT2D eigenvalue weighted by Crippen LogP contribution is -2.05. The van der Waals surface area contributed by atoms with Gasteiger partial charge in [-0.25, -0.2) is 0 Å². The maximum atomic E-state index is 5.56. The van der Waals surface area contributed by atoms with Gasteiger partial charge in [0.05, 0.1) is 6.10 Å². The Bertz CT molecular complexity index is 258. The molecule has 13 heavy (non-hydrogen) atoms. The van der Waals surface area contributed by atoms with Crippen molar-refractivity contribution in [3.8, 4) is 5.75 Å². The van der Waals surface area contributed by atoms with Crippen molar-refractivity contribution in [3.05, 3.63) is 24.0 Å². The van der Waals surface area contributed by atoms with E-state index >= 15 is 0 Å². The molecule has 2 nitrogen and oxygen atoms in total. The van der Waals surface area contributed by atoms with Gasteiger partial charge in [0, 0.05) is 18.0 Å². The highest BCUT2D eigenvalue weighted by molar-refractivity contribution is 5.22. The maximum absolute atomic E-state index is 5.56. The molecule has 0 aromatic carbocycles. The van der Waals surface area contributed by atoms with Gasteiger partial charge < -0.3 is 4.74 Å². The zero-order valence-corrected chi connectivity index (χ0v) is 8.58. The molecular formula is C11H17NO. The highest BCUT2D eigenvalue weighted by Gasteiger charge is 1.99. The minimum atomic E-state index is 0.233. The predicted molar refractivity (Wildman–Crippen MR) is 54.0 cm³/mol. The van der Waals surface area contributed by atoms with Gasteiger partial charge in [-0.05, 0) is 26.3 Å². The molecule has 0 bridgehead atoms. The Morgan fingerprint density at radius 3 is 2.85 bits per heavy atom. The highest BCUT2D eigenvalue weighted by Crippen LogP contribution is 2.13. The van der Waals surface area contributed by atoms with E-state index in [2.05, 4.69) is 11.9 Å². The van der Waals surface area contributed by atoms with Gasteiger partial charge in [0.2, 0.25) is 0 Å². The quantitative estimate of drug-likeness (QED) is 0.709. The summed E-state index contributed by atoms with van der Waals surface area (Å²) in [5.74, 6) is 0.924. The monoisotopic (exact) mass is 179 g/mol. The van der Waals surface area contributed by atoms with Crippen molar-refractivity contribution in [2.45, 2.75) is 39.7 Å². The van der Waals surface area contributed by atoms with Gasteiger partial charge >= 0.3 is 0 Å². The summed E-state index contributed by atoms with van der Waals surface area (Å²) in [6.07, 6.45) is 4.19. The number of ether oxygens (including phenoxy) is 1. The number of rotatable bonds is 4. The lowest BCUT2D eigenvalue weighted by atomic mass is 10.2. The Kier molecular flexibility index (Phi) is 3.74. The number of aryl methyl sites for hydroxylation is 1. The van der Waals surface area contributed by atoms with E-state index in [0.717, 1.165) is 24.3 Å². The third-order valence-electron chi connectivity index (χ3n) is 1.67. The molecule has 0 unspecified atom stereocenters. The second-order valence-electron chi connectivity index (χ2n) is 3.40. The van der Waals surface area contributed by atoms with E-state index in [-0.39, 0.29) is 6.10 Å². The molecule has 0 atom stereocenters. The summed E-state index contributed by atoms with van der Waals surface area (Å²) in [5.41, 5.74) is 1.11. The van der Waals surface area contributed by atoms with Crippen LogP contribution >= 0.6 is 0 Å². The van der Waals surface area contributed by atoms with Crippen LogP contribution in [0.25, 0.3) is 0 Å². The van der Waals surface area contributed by atoms with Gasteiger partial charge in [-0.2, -0.15) is 0 Å². The predicted octanol–water partition coefficient (Wildman–Crippen LogP) is 2.82. The Labute approximate surface area is 80.0 Å². The SMILES string of the molecule is CCCc1cc(OC(C)C)ccn1. The molecule has 0 fully saturated rings. The minimum Gasteiger partial charge on any atom is -0.491 e. The normalized spacial score (nSPS) is 10.5. The fourth-order valence-electron chi connectivity index (χ4n) is 1.19. The Morgan fingerprint density at radius 1 is 1.46 bits per heavy atom. The maximum Gasteiger partial charge on any atom is 0.123 e. The van der Waals surface area contributed by atoms with Crippen molar-refractivity contribution < 1.29 is 4.74 Å². The summed E-state index contributed by atoms with van der Waals surface area (Å²) in [6, 6.07) is 3.92. The van der Waals surface area contributed by atoms with Gasteiger partial charge in [0.15, 0.2) is 0 Å². The van der Waals surface area contributed by atoms with Gasteiger partial charge in [0.1, 0.15) is 5.75 Å². The van der Waals surface area contributed by atoms with Crippen LogP contribution in [0.1, 0.15) is 32.9 Å². The van der Waals surface area contributed by atoms with Crippen LogP contribution in [0.5, 0.6) is 5.75 Å². The lowest BCUT2D eigenvalue weighted by Gasteiger charge is -2.09.